The molecule has 10 heteroatoms. The molecule has 0 bridgehead atoms. The molecule has 0 spiro atoms. The fourth-order valence-corrected chi connectivity index (χ4v) is 4.95. The molecule has 3 aromatic carbocycles. The highest BCUT2D eigenvalue weighted by Gasteiger charge is 2.45. The summed E-state index contributed by atoms with van der Waals surface area (Å²) in [4.78, 5) is 39.5. The van der Waals surface area contributed by atoms with E-state index in [4.69, 9.17) is 5.10 Å². The van der Waals surface area contributed by atoms with E-state index in [0.717, 1.165) is 17.3 Å². The van der Waals surface area contributed by atoms with Crippen LogP contribution in [0.25, 0.3) is 5.69 Å². The number of nitrogens with zero attached hydrogens (tertiary/aromatic N) is 4. The third-order valence-electron chi connectivity index (χ3n) is 6.67. The largest absolute Gasteiger partial charge is 0.339 e. The minimum atomic E-state index is -1.06. The minimum absolute atomic E-state index is 0.0513. The first kappa shape index (κ1) is 24.8. The predicted octanol–water partition coefficient (Wildman–Crippen LogP) is 4.53. The number of aryl methyl sites for hydroxylation is 1. The maximum absolute atomic E-state index is 14.0. The van der Waals surface area contributed by atoms with Gasteiger partial charge in [0.25, 0.3) is 17.5 Å². The van der Waals surface area contributed by atoms with Crippen LogP contribution < -0.4 is 10.2 Å². The number of benzene rings is 3. The van der Waals surface area contributed by atoms with Gasteiger partial charge < -0.3 is 5.32 Å². The van der Waals surface area contributed by atoms with Gasteiger partial charge >= 0.3 is 0 Å². The fraction of sp³-hybridized carbons (Fsp3) is 0.179. The first-order chi connectivity index (χ1) is 18.3. The normalized spacial score (nSPS) is 16.7. The van der Waals surface area contributed by atoms with Crippen LogP contribution in [0.5, 0.6) is 0 Å². The first-order valence-electron chi connectivity index (χ1n) is 12.1. The van der Waals surface area contributed by atoms with Gasteiger partial charge in [-0.15, -0.1) is 0 Å². The highest BCUT2D eigenvalue weighted by molar-refractivity contribution is 6.05. The topological polar surface area (TPSA) is 110 Å². The minimum Gasteiger partial charge on any atom is -0.339 e. The lowest BCUT2D eigenvalue weighted by Crippen LogP contribution is -2.55. The second-order valence-corrected chi connectivity index (χ2v) is 8.94. The van der Waals surface area contributed by atoms with E-state index in [9.17, 15) is 24.1 Å². The highest BCUT2D eigenvalue weighted by Crippen LogP contribution is 2.43. The molecule has 0 aliphatic carbocycles. The summed E-state index contributed by atoms with van der Waals surface area (Å²) in [5.41, 5.74) is 2.58. The van der Waals surface area contributed by atoms with Crippen molar-refractivity contribution in [1.82, 2.24) is 15.1 Å². The Morgan fingerprint density at radius 2 is 1.79 bits per heavy atom. The fourth-order valence-electron chi connectivity index (χ4n) is 4.95. The van der Waals surface area contributed by atoms with E-state index in [1.54, 1.807) is 21.7 Å². The zero-order valence-electron chi connectivity index (χ0n) is 20.7. The van der Waals surface area contributed by atoms with Crippen LogP contribution in [0, 0.1) is 22.9 Å². The number of hydrogen-bond donors (Lipinski definition) is 1. The Morgan fingerprint density at radius 1 is 1.08 bits per heavy atom. The van der Waals surface area contributed by atoms with Gasteiger partial charge in [-0.2, -0.15) is 5.10 Å². The van der Waals surface area contributed by atoms with Crippen molar-refractivity contribution in [3.05, 3.63) is 117 Å². The van der Waals surface area contributed by atoms with Crippen molar-refractivity contribution in [3.63, 3.8) is 0 Å². The Hall–Kier alpha value is -4.86. The van der Waals surface area contributed by atoms with E-state index in [-0.39, 0.29) is 17.2 Å². The molecule has 192 valence electrons. The van der Waals surface area contributed by atoms with Crippen molar-refractivity contribution >= 4 is 23.3 Å². The predicted molar refractivity (Wildman–Crippen MR) is 139 cm³/mol. The van der Waals surface area contributed by atoms with E-state index in [1.165, 1.54) is 30.3 Å². The summed E-state index contributed by atoms with van der Waals surface area (Å²) in [6, 6.07) is 19.4. The average molecular weight is 514 g/mol. The van der Waals surface area contributed by atoms with Gasteiger partial charge in [-0.25, -0.2) is 9.07 Å². The third-order valence-corrected chi connectivity index (χ3v) is 6.67. The van der Waals surface area contributed by atoms with Crippen molar-refractivity contribution < 1.29 is 18.9 Å². The SMILES string of the molecule is CCN1C(=O)C(NC(=O)c2cccc([N+](=O)[O-])c2)C(c2ccc(F)cc2)c2c(C)nn(-c3ccccc3)c21. The van der Waals surface area contributed by atoms with Gasteiger partial charge in [-0.05, 0) is 49.7 Å². The quantitative estimate of drug-likeness (QED) is 0.301. The monoisotopic (exact) mass is 513 g/mol. The number of halogens is 1. The molecule has 0 fully saturated rings. The number of nitrogens with one attached hydrogen (secondary N) is 1. The Kier molecular flexibility index (Phi) is 6.46. The van der Waals surface area contributed by atoms with E-state index < -0.39 is 28.6 Å². The summed E-state index contributed by atoms with van der Waals surface area (Å²) in [5, 5.41) is 18.8. The molecule has 4 aromatic rings. The number of amides is 2. The van der Waals surface area contributed by atoms with Crippen molar-refractivity contribution in [2.24, 2.45) is 0 Å². The number of nitro benzene ring substituents is 1. The molecule has 9 nitrogen and oxygen atoms in total. The van der Waals surface area contributed by atoms with Gasteiger partial charge in [-0.1, -0.05) is 36.4 Å². The van der Waals surface area contributed by atoms with Crippen LogP contribution in [-0.4, -0.2) is 39.1 Å². The zero-order chi connectivity index (χ0) is 27.0. The van der Waals surface area contributed by atoms with Crippen LogP contribution in [0.2, 0.25) is 0 Å². The summed E-state index contributed by atoms with van der Waals surface area (Å²) in [5.74, 6) is -1.53. The number of non-ortho nitro benzene ring substituents is 1. The lowest BCUT2D eigenvalue weighted by Gasteiger charge is -2.38. The number of carbonyl (C=O) groups is 2. The first-order valence-corrected chi connectivity index (χ1v) is 12.1. The van der Waals surface area contributed by atoms with Crippen LogP contribution in [-0.2, 0) is 4.79 Å². The zero-order valence-corrected chi connectivity index (χ0v) is 20.7. The summed E-state index contributed by atoms with van der Waals surface area (Å²) >= 11 is 0. The van der Waals surface area contributed by atoms with Crippen LogP contribution >= 0.6 is 0 Å². The Morgan fingerprint density at radius 3 is 2.45 bits per heavy atom. The van der Waals surface area contributed by atoms with E-state index in [0.29, 0.717) is 23.6 Å². The third kappa shape index (κ3) is 4.30. The van der Waals surface area contributed by atoms with Gasteiger partial charge in [0.05, 0.1) is 16.3 Å². The van der Waals surface area contributed by atoms with Gasteiger partial charge in [-0.3, -0.25) is 24.6 Å². The lowest BCUT2D eigenvalue weighted by atomic mass is 9.81. The maximum Gasteiger partial charge on any atom is 0.270 e. The Bertz CT molecular complexity index is 1530. The van der Waals surface area contributed by atoms with Crippen LogP contribution in [0.3, 0.4) is 0 Å². The molecule has 5 rings (SSSR count). The number of fused-ring (bicyclic) bond motifs is 1. The van der Waals surface area contributed by atoms with Gasteiger partial charge in [0, 0.05) is 35.7 Å². The molecule has 2 amide bonds. The van der Waals surface area contributed by atoms with E-state index >= 15 is 0 Å². The number of nitro groups is 1. The molecule has 1 aliphatic rings. The van der Waals surface area contributed by atoms with E-state index in [2.05, 4.69) is 5.32 Å². The van der Waals surface area contributed by atoms with Crippen LogP contribution in [0.1, 0.15) is 40.0 Å². The molecular formula is C28H24FN5O4. The lowest BCUT2D eigenvalue weighted by molar-refractivity contribution is -0.384. The van der Waals surface area contributed by atoms with Crippen LogP contribution in [0.4, 0.5) is 15.9 Å². The molecule has 0 saturated heterocycles. The average Bonchev–Trinajstić information content (AvgIpc) is 3.26. The summed E-state index contributed by atoms with van der Waals surface area (Å²) < 4.78 is 15.6. The Labute approximate surface area is 217 Å². The molecule has 2 heterocycles. The molecule has 0 radical (unpaired) electrons. The number of anilines is 1. The number of carbonyl (C=O) groups excluding carboxylic acids is 2. The van der Waals surface area contributed by atoms with Crippen LogP contribution in [0.15, 0.2) is 78.9 Å². The molecule has 2 unspecified atom stereocenters. The van der Waals surface area contributed by atoms with Crippen molar-refractivity contribution in [2.75, 3.05) is 11.4 Å². The number of aromatic nitrogens is 2. The Balaban J connectivity index is 1.66. The van der Waals surface area contributed by atoms with Gasteiger partial charge in [0.15, 0.2) is 0 Å². The molecule has 1 aromatic heterocycles. The maximum atomic E-state index is 14.0. The second kappa shape index (κ2) is 9.89. The number of rotatable bonds is 6. The van der Waals surface area contributed by atoms with Crippen molar-refractivity contribution in [3.8, 4) is 5.69 Å². The standard InChI is InChI=1S/C28H24FN5O4/c1-3-32-27-23(17(2)31-33(27)21-9-5-4-6-10-21)24(18-12-14-20(29)15-13-18)25(28(32)36)30-26(35)19-8-7-11-22(16-19)34(37)38/h4-16,24-25H,3H2,1-2H3,(H,30,35). The van der Waals surface area contributed by atoms with E-state index in [1.807, 2.05) is 44.2 Å². The highest BCUT2D eigenvalue weighted by atomic mass is 19.1. The summed E-state index contributed by atoms with van der Waals surface area (Å²) in [6.45, 7) is 3.97. The van der Waals surface area contributed by atoms with Crippen molar-refractivity contribution in [2.45, 2.75) is 25.8 Å². The smallest absolute Gasteiger partial charge is 0.270 e. The number of hydrogen-bond acceptors (Lipinski definition) is 5. The number of para-hydroxylation sites is 1. The summed E-state index contributed by atoms with van der Waals surface area (Å²) in [7, 11) is 0. The second-order valence-electron chi connectivity index (χ2n) is 8.94. The molecular weight excluding hydrogens is 489 g/mol. The molecule has 38 heavy (non-hydrogen) atoms. The molecule has 1 N–H and O–H groups in total. The van der Waals surface area contributed by atoms with Crippen molar-refractivity contribution in [1.29, 1.82) is 0 Å². The molecule has 1 aliphatic heterocycles. The summed E-state index contributed by atoms with van der Waals surface area (Å²) in [6.07, 6.45) is 0. The van der Waals surface area contributed by atoms with Gasteiger partial charge in [0.1, 0.15) is 17.7 Å². The molecule has 2 atom stereocenters. The molecule has 0 saturated carbocycles. The van der Waals surface area contributed by atoms with Gasteiger partial charge in [0.2, 0.25) is 0 Å². The number of likely N-dealkylation sites (N-methyl/N-ethyl adjacent to an activating group) is 1.